The van der Waals surface area contributed by atoms with E-state index in [1.807, 2.05) is 0 Å². The maximum Gasteiger partial charge on any atom is 0.328 e. The van der Waals surface area contributed by atoms with Crippen molar-refractivity contribution in [3.05, 3.63) is 0 Å². The second-order valence-electron chi connectivity index (χ2n) is 6.78. The Morgan fingerprint density at radius 3 is 2.10 bits per heavy atom. The summed E-state index contributed by atoms with van der Waals surface area (Å²) in [4.78, 5) is 71.8. The van der Waals surface area contributed by atoms with Crippen molar-refractivity contribution in [3.8, 4) is 0 Å². The summed E-state index contributed by atoms with van der Waals surface area (Å²) in [5, 5.41) is 22.3. The van der Waals surface area contributed by atoms with Crippen LogP contribution in [0.2, 0.25) is 0 Å². The molecular weight excluding hydrogens is 404 g/mol. The van der Waals surface area contributed by atoms with Crippen LogP contribution in [-0.4, -0.2) is 87.9 Å². The van der Waals surface area contributed by atoms with Gasteiger partial charge in [-0.2, -0.15) is 0 Å². The molecule has 0 aromatic heterocycles. The summed E-state index contributed by atoms with van der Waals surface area (Å²) >= 11 is 0. The van der Waals surface area contributed by atoms with Crippen LogP contribution in [0.4, 0.5) is 0 Å². The zero-order chi connectivity index (χ0) is 23.0. The number of rotatable bonds is 11. The molecule has 10 N–H and O–H groups in total. The van der Waals surface area contributed by atoms with E-state index in [1.54, 1.807) is 0 Å². The predicted molar refractivity (Wildman–Crippen MR) is 98.9 cm³/mol. The predicted octanol–water partition coefficient (Wildman–Crippen LogP) is -4.90. The lowest BCUT2D eigenvalue weighted by atomic mass is 10.1. The van der Waals surface area contributed by atoms with E-state index in [4.69, 9.17) is 27.4 Å². The van der Waals surface area contributed by atoms with Gasteiger partial charge in [0, 0.05) is 6.54 Å². The highest BCUT2D eigenvalue weighted by atomic mass is 16.4. The normalized spacial score (nSPS) is 18.7. The van der Waals surface area contributed by atoms with E-state index < -0.39 is 79.1 Å². The van der Waals surface area contributed by atoms with Gasteiger partial charge in [-0.1, -0.05) is 0 Å². The van der Waals surface area contributed by atoms with E-state index in [1.165, 1.54) is 0 Å². The molecule has 30 heavy (non-hydrogen) atoms. The first-order valence-electron chi connectivity index (χ1n) is 9.05. The van der Waals surface area contributed by atoms with Gasteiger partial charge in [-0.05, 0) is 12.8 Å². The fraction of sp³-hybridized carbons (Fsp3) is 0.625. The number of likely N-dealkylation sites (tertiary alicyclic amines) is 1. The van der Waals surface area contributed by atoms with Crippen LogP contribution in [0.3, 0.4) is 0 Å². The lowest BCUT2D eigenvalue weighted by molar-refractivity contribution is -0.146. The third-order valence-electron chi connectivity index (χ3n) is 4.41. The maximum absolute atomic E-state index is 12.9. The molecule has 1 fully saturated rings. The molecule has 5 amide bonds. The van der Waals surface area contributed by atoms with Gasteiger partial charge < -0.3 is 42.9 Å². The fourth-order valence-corrected chi connectivity index (χ4v) is 2.95. The van der Waals surface area contributed by atoms with Gasteiger partial charge in [0.2, 0.25) is 29.5 Å². The van der Waals surface area contributed by atoms with E-state index in [0.717, 1.165) is 4.90 Å². The van der Waals surface area contributed by atoms with Crippen LogP contribution in [0, 0.1) is 0 Å². The van der Waals surface area contributed by atoms with Crippen LogP contribution in [-0.2, 0) is 28.8 Å². The Bertz CT molecular complexity index is 714. The number of hydrogen-bond donors (Lipinski definition) is 7. The molecule has 168 valence electrons. The molecule has 0 spiro atoms. The minimum Gasteiger partial charge on any atom is -0.480 e. The molecule has 4 atom stereocenters. The van der Waals surface area contributed by atoms with Crippen LogP contribution in [0.15, 0.2) is 0 Å². The summed E-state index contributed by atoms with van der Waals surface area (Å²) < 4.78 is 0. The van der Waals surface area contributed by atoms with Gasteiger partial charge >= 0.3 is 5.97 Å². The van der Waals surface area contributed by atoms with Crippen molar-refractivity contribution in [2.24, 2.45) is 17.2 Å². The van der Waals surface area contributed by atoms with Crippen molar-refractivity contribution in [3.63, 3.8) is 0 Å². The van der Waals surface area contributed by atoms with Gasteiger partial charge in [0.1, 0.15) is 18.1 Å². The molecule has 1 heterocycles. The van der Waals surface area contributed by atoms with Crippen molar-refractivity contribution in [2.75, 3.05) is 13.2 Å². The van der Waals surface area contributed by atoms with Gasteiger partial charge in [0.25, 0.3) is 0 Å². The minimum absolute atomic E-state index is 0.103. The van der Waals surface area contributed by atoms with Gasteiger partial charge in [-0.3, -0.25) is 24.0 Å². The smallest absolute Gasteiger partial charge is 0.328 e. The zero-order valence-corrected chi connectivity index (χ0v) is 16.1. The Morgan fingerprint density at radius 2 is 1.60 bits per heavy atom. The minimum atomic E-state index is -1.55. The standard InChI is InChI=1S/C16H26N6O8/c17-7(4-11(18)24)13(26)20-8(5-12(19)25)15(28)22-3-1-2-10(22)14(27)21-9(6-23)16(29)30/h7-10,23H,1-6,17H2,(H2,18,24)(H2,19,25)(H,20,26)(H,21,27)(H,29,30)/t7-,8-,9-,10-/m0/s1. The average molecular weight is 430 g/mol. The average Bonchev–Trinajstić information content (AvgIpc) is 3.13. The number of nitrogens with two attached hydrogens (primary N) is 3. The lowest BCUT2D eigenvalue weighted by Gasteiger charge is -2.29. The zero-order valence-electron chi connectivity index (χ0n) is 16.1. The first-order valence-corrected chi connectivity index (χ1v) is 9.05. The number of aliphatic carboxylic acids is 1. The highest BCUT2D eigenvalue weighted by molar-refractivity contribution is 5.97. The molecule has 1 rings (SSSR count). The van der Waals surface area contributed by atoms with Crippen molar-refractivity contribution < 1.29 is 39.0 Å². The number of hydrogen-bond acceptors (Lipinski definition) is 8. The number of amides is 5. The second-order valence-corrected chi connectivity index (χ2v) is 6.78. The van der Waals surface area contributed by atoms with Crippen LogP contribution < -0.4 is 27.8 Å². The van der Waals surface area contributed by atoms with E-state index in [9.17, 15) is 28.8 Å². The molecular formula is C16H26N6O8. The van der Waals surface area contributed by atoms with E-state index in [0.29, 0.717) is 6.42 Å². The van der Waals surface area contributed by atoms with Crippen molar-refractivity contribution in [2.45, 2.75) is 49.9 Å². The van der Waals surface area contributed by atoms with E-state index >= 15 is 0 Å². The van der Waals surface area contributed by atoms with Crippen LogP contribution >= 0.6 is 0 Å². The summed E-state index contributed by atoms with van der Waals surface area (Å²) in [6.45, 7) is -0.744. The molecule has 0 saturated carbocycles. The summed E-state index contributed by atoms with van der Waals surface area (Å²) in [7, 11) is 0. The van der Waals surface area contributed by atoms with Gasteiger partial charge in [0.05, 0.1) is 25.5 Å². The number of primary amides is 2. The Morgan fingerprint density at radius 1 is 1.00 bits per heavy atom. The number of nitrogens with zero attached hydrogens (tertiary/aromatic N) is 1. The Kier molecular flexibility index (Phi) is 9.14. The summed E-state index contributed by atoms with van der Waals surface area (Å²) in [6, 6.07) is -5.43. The summed E-state index contributed by atoms with van der Waals surface area (Å²) in [5.74, 6) is -5.74. The molecule has 14 nitrogen and oxygen atoms in total. The second kappa shape index (κ2) is 11.1. The number of aliphatic hydroxyl groups is 1. The van der Waals surface area contributed by atoms with Crippen molar-refractivity contribution >= 4 is 35.5 Å². The summed E-state index contributed by atoms with van der Waals surface area (Å²) in [6.07, 6.45) is -0.476. The van der Waals surface area contributed by atoms with Crippen LogP contribution in [0.1, 0.15) is 25.7 Å². The maximum atomic E-state index is 12.9. The van der Waals surface area contributed by atoms with Crippen LogP contribution in [0.25, 0.3) is 0 Å². The molecule has 0 unspecified atom stereocenters. The largest absolute Gasteiger partial charge is 0.480 e. The van der Waals surface area contributed by atoms with Gasteiger partial charge in [-0.25, -0.2) is 4.79 Å². The summed E-state index contributed by atoms with van der Waals surface area (Å²) in [5.41, 5.74) is 15.6. The molecule has 1 saturated heterocycles. The number of carboxylic acids is 1. The molecule has 0 aromatic carbocycles. The van der Waals surface area contributed by atoms with E-state index in [-0.39, 0.29) is 13.0 Å². The molecule has 0 aliphatic carbocycles. The molecule has 1 aliphatic heterocycles. The fourth-order valence-electron chi connectivity index (χ4n) is 2.95. The molecule has 0 aromatic rings. The lowest BCUT2D eigenvalue weighted by Crippen LogP contribution is -2.58. The van der Waals surface area contributed by atoms with Crippen molar-refractivity contribution in [1.82, 2.24) is 15.5 Å². The number of aliphatic hydroxyl groups excluding tert-OH is 1. The highest BCUT2D eigenvalue weighted by Gasteiger charge is 2.39. The Balaban J connectivity index is 2.94. The van der Waals surface area contributed by atoms with Gasteiger partial charge in [0.15, 0.2) is 0 Å². The van der Waals surface area contributed by atoms with Crippen LogP contribution in [0.5, 0.6) is 0 Å². The third kappa shape index (κ3) is 6.97. The molecule has 0 radical (unpaired) electrons. The molecule has 14 heteroatoms. The SMILES string of the molecule is NC(=O)C[C@H](NC(=O)[C@@H](N)CC(N)=O)C(=O)N1CCC[C@H]1C(=O)N[C@@H](CO)C(=O)O. The number of carbonyl (C=O) groups is 6. The number of carbonyl (C=O) groups excluding carboxylic acids is 5. The number of carboxylic acid groups (broad SMARTS) is 1. The van der Waals surface area contributed by atoms with Crippen molar-refractivity contribution in [1.29, 1.82) is 0 Å². The highest BCUT2D eigenvalue weighted by Crippen LogP contribution is 2.19. The topological polar surface area (TPSA) is 248 Å². The first kappa shape index (κ1) is 24.8. The van der Waals surface area contributed by atoms with E-state index in [2.05, 4.69) is 10.6 Å². The first-order chi connectivity index (χ1) is 14.0. The van der Waals surface area contributed by atoms with Gasteiger partial charge in [-0.15, -0.1) is 0 Å². The molecule has 1 aliphatic rings. The third-order valence-corrected chi connectivity index (χ3v) is 4.41. The Hall–Kier alpha value is -3.26. The number of nitrogens with one attached hydrogen (secondary N) is 2. The Labute approximate surface area is 171 Å². The quantitative estimate of drug-likeness (QED) is 0.166. The molecule has 0 bridgehead atoms. The monoisotopic (exact) mass is 430 g/mol.